The van der Waals surface area contributed by atoms with Gasteiger partial charge < -0.3 is 14.8 Å². The average Bonchev–Trinajstić information content (AvgIpc) is 2.53. The van der Waals surface area contributed by atoms with Crippen LogP contribution in [0.5, 0.6) is 11.5 Å². The maximum Gasteiger partial charge on any atom is 0.253 e. The van der Waals surface area contributed by atoms with Crippen LogP contribution in [0.2, 0.25) is 10.0 Å². The Labute approximate surface area is 145 Å². The van der Waals surface area contributed by atoms with E-state index in [-0.39, 0.29) is 11.9 Å². The van der Waals surface area contributed by atoms with Crippen LogP contribution in [-0.2, 0) is 0 Å². The van der Waals surface area contributed by atoms with E-state index in [1.54, 1.807) is 19.2 Å². The van der Waals surface area contributed by atoms with E-state index >= 15 is 0 Å². The fraction of sp³-hybridized carbons (Fsp3) is 0.235. The Bertz CT molecular complexity index is 674. The van der Waals surface area contributed by atoms with Crippen molar-refractivity contribution in [2.24, 2.45) is 0 Å². The lowest BCUT2D eigenvalue weighted by molar-refractivity contribution is 0.0927. The van der Waals surface area contributed by atoms with Gasteiger partial charge in [0.15, 0.2) is 0 Å². The Morgan fingerprint density at radius 1 is 1.13 bits per heavy atom. The topological polar surface area (TPSA) is 47.6 Å². The summed E-state index contributed by atoms with van der Waals surface area (Å²) in [6, 6.07) is 11.8. The van der Waals surface area contributed by atoms with Crippen molar-refractivity contribution in [1.82, 2.24) is 5.32 Å². The molecule has 2 rings (SSSR count). The first-order valence-corrected chi connectivity index (χ1v) is 7.78. The molecule has 0 saturated heterocycles. The van der Waals surface area contributed by atoms with Gasteiger partial charge in [-0.1, -0.05) is 23.2 Å². The molecule has 0 aliphatic carbocycles. The van der Waals surface area contributed by atoms with Crippen LogP contribution in [0.25, 0.3) is 0 Å². The maximum atomic E-state index is 12.2. The number of carbonyl (C=O) groups excluding carboxylic acids is 1. The summed E-state index contributed by atoms with van der Waals surface area (Å²) in [6.45, 7) is 2.19. The molecule has 0 aliphatic heterocycles. The van der Waals surface area contributed by atoms with E-state index in [4.69, 9.17) is 32.7 Å². The number of amides is 1. The molecular formula is C17H17Cl2NO3. The lowest BCUT2D eigenvalue weighted by Gasteiger charge is -2.16. The first-order valence-electron chi connectivity index (χ1n) is 7.02. The summed E-state index contributed by atoms with van der Waals surface area (Å²) >= 11 is 11.8. The molecule has 0 unspecified atom stereocenters. The van der Waals surface area contributed by atoms with Crippen LogP contribution in [0.15, 0.2) is 42.5 Å². The third kappa shape index (κ3) is 5.05. The first-order chi connectivity index (χ1) is 11.0. The number of hydrogen-bond acceptors (Lipinski definition) is 3. The van der Waals surface area contributed by atoms with Gasteiger partial charge >= 0.3 is 0 Å². The second-order valence-electron chi connectivity index (χ2n) is 4.99. The summed E-state index contributed by atoms with van der Waals surface area (Å²) in [5.41, 5.74) is 0.382. The smallest absolute Gasteiger partial charge is 0.253 e. The van der Waals surface area contributed by atoms with E-state index in [9.17, 15) is 4.79 Å². The van der Waals surface area contributed by atoms with Crippen LogP contribution >= 0.6 is 23.2 Å². The normalized spacial score (nSPS) is 11.7. The van der Waals surface area contributed by atoms with Gasteiger partial charge in [-0.25, -0.2) is 0 Å². The monoisotopic (exact) mass is 353 g/mol. The van der Waals surface area contributed by atoms with Crippen molar-refractivity contribution in [1.29, 1.82) is 0 Å². The van der Waals surface area contributed by atoms with Crippen molar-refractivity contribution >= 4 is 29.1 Å². The predicted octanol–water partition coefficient (Wildman–Crippen LogP) is 4.20. The van der Waals surface area contributed by atoms with Gasteiger partial charge in [-0.2, -0.15) is 0 Å². The summed E-state index contributed by atoms with van der Waals surface area (Å²) < 4.78 is 10.7. The summed E-state index contributed by atoms with van der Waals surface area (Å²) in [7, 11) is 1.61. The Kier molecular flexibility index (Phi) is 6.13. The average molecular weight is 354 g/mol. The van der Waals surface area contributed by atoms with E-state index in [1.165, 1.54) is 6.07 Å². The second-order valence-corrected chi connectivity index (χ2v) is 5.83. The summed E-state index contributed by atoms with van der Waals surface area (Å²) in [4.78, 5) is 12.2. The van der Waals surface area contributed by atoms with E-state index in [2.05, 4.69) is 5.32 Å². The fourth-order valence-corrected chi connectivity index (χ4v) is 2.40. The molecule has 4 nitrogen and oxygen atoms in total. The molecule has 1 N–H and O–H groups in total. The SMILES string of the molecule is COc1ccc(OC[C@H](C)NC(=O)c2ccc(Cl)cc2Cl)cc1. The zero-order chi connectivity index (χ0) is 16.8. The Balaban J connectivity index is 1.88. The lowest BCUT2D eigenvalue weighted by atomic mass is 10.2. The Hall–Kier alpha value is -1.91. The molecule has 0 aromatic heterocycles. The van der Waals surface area contributed by atoms with Crippen LogP contribution in [0.4, 0.5) is 0 Å². The zero-order valence-corrected chi connectivity index (χ0v) is 14.3. The molecule has 2 aromatic rings. The van der Waals surface area contributed by atoms with E-state index in [1.807, 2.05) is 31.2 Å². The minimum absolute atomic E-state index is 0.184. The number of methoxy groups -OCH3 is 1. The molecule has 0 spiro atoms. The maximum absolute atomic E-state index is 12.2. The second kappa shape index (κ2) is 8.09. The predicted molar refractivity (Wildman–Crippen MR) is 91.9 cm³/mol. The van der Waals surface area contributed by atoms with Gasteiger partial charge in [0.2, 0.25) is 0 Å². The quantitative estimate of drug-likeness (QED) is 0.846. The minimum Gasteiger partial charge on any atom is -0.497 e. The number of halogens is 2. The van der Waals surface area contributed by atoms with Gasteiger partial charge in [0.25, 0.3) is 5.91 Å². The highest BCUT2D eigenvalue weighted by Gasteiger charge is 2.13. The number of nitrogens with one attached hydrogen (secondary N) is 1. The first kappa shape index (κ1) is 17.4. The lowest BCUT2D eigenvalue weighted by Crippen LogP contribution is -2.36. The molecule has 0 aliphatic rings. The molecule has 2 aromatic carbocycles. The standard InChI is InChI=1S/C17H17Cl2NO3/c1-11(10-23-14-6-4-13(22-2)5-7-14)20-17(21)15-8-3-12(18)9-16(15)19/h3-9,11H,10H2,1-2H3,(H,20,21)/t11-/m0/s1. The van der Waals surface area contributed by atoms with Crippen LogP contribution in [0.3, 0.4) is 0 Å². The van der Waals surface area contributed by atoms with Crippen LogP contribution in [0.1, 0.15) is 17.3 Å². The fourth-order valence-electron chi connectivity index (χ4n) is 1.91. The number of benzene rings is 2. The van der Waals surface area contributed by atoms with Crippen molar-refractivity contribution in [2.75, 3.05) is 13.7 Å². The van der Waals surface area contributed by atoms with Gasteiger partial charge in [0.1, 0.15) is 18.1 Å². The minimum atomic E-state index is -0.266. The van der Waals surface area contributed by atoms with Crippen molar-refractivity contribution in [3.8, 4) is 11.5 Å². The Morgan fingerprint density at radius 3 is 2.39 bits per heavy atom. The third-order valence-corrected chi connectivity index (χ3v) is 3.66. The van der Waals surface area contributed by atoms with Gasteiger partial charge in [0.05, 0.1) is 23.7 Å². The third-order valence-electron chi connectivity index (χ3n) is 3.11. The summed E-state index contributed by atoms with van der Waals surface area (Å²) in [5, 5.41) is 3.64. The molecule has 23 heavy (non-hydrogen) atoms. The van der Waals surface area contributed by atoms with E-state index in [0.29, 0.717) is 28.0 Å². The van der Waals surface area contributed by atoms with Crippen LogP contribution in [0, 0.1) is 0 Å². The Morgan fingerprint density at radius 2 is 1.78 bits per heavy atom. The highest BCUT2D eigenvalue weighted by molar-refractivity contribution is 6.36. The van der Waals surface area contributed by atoms with Gasteiger partial charge in [-0.3, -0.25) is 4.79 Å². The van der Waals surface area contributed by atoms with Crippen molar-refractivity contribution < 1.29 is 14.3 Å². The summed E-state index contributed by atoms with van der Waals surface area (Å²) in [5.74, 6) is 1.20. The van der Waals surface area contributed by atoms with Gasteiger partial charge in [0, 0.05) is 5.02 Å². The van der Waals surface area contributed by atoms with Crippen molar-refractivity contribution in [3.05, 3.63) is 58.1 Å². The number of ether oxygens (including phenoxy) is 2. The molecule has 0 heterocycles. The molecule has 0 saturated carbocycles. The molecule has 1 amide bonds. The van der Waals surface area contributed by atoms with Gasteiger partial charge in [-0.05, 0) is 49.4 Å². The van der Waals surface area contributed by atoms with Gasteiger partial charge in [-0.15, -0.1) is 0 Å². The molecule has 0 radical (unpaired) electrons. The zero-order valence-electron chi connectivity index (χ0n) is 12.8. The van der Waals surface area contributed by atoms with E-state index < -0.39 is 0 Å². The highest BCUT2D eigenvalue weighted by atomic mass is 35.5. The van der Waals surface area contributed by atoms with Crippen LogP contribution < -0.4 is 14.8 Å². The van der Waals surface area contributed by atoms with E-state index in [0.717, 1.165) is 5.75 Å². The van der Waals surface area contributed by atoms with Crippen molar-refractivity contribution in [2.45, 2.75) is 13.0 Å². The molecule has 122 valence electrons. The van der Waals surface area contributed by atoms with Crippen LogP contribution in [-0.4, -0.2) is 25.7 Å². The molecular weight excluding hydrogens is 337 g/mol. The molecule has 1 atom stereocenters. The summed E-state index contributed by atoms with van der Waals surface area (Å²) in [6.07, 6.45) is 0. The largest absolute Gasteiger partial charge is 0.497 e. The molecule has 0 fully saturated rings. The molecule has 0 bridgehead atoms. The number of hydrogen-bond donors (Lipinski definition) is 1. The van der Waals surface area contributed by atoms with Crippen molar-refractivity contribution in [3.63, 3.8) is 0 Å². The number of rotatable bonds is 6. The highest BCUT2D eigenvalue weighted by Crippen LogP contribution is 2.21. The number of carbonyl (C=O) groups is 1. The molecule has 6 heteroatoms.